The van der Waals surface area contributed by atoms with E-state index in [0.29, 0.717) is 11.3 Å². The molecule has 0 aliphatic rings. The number of sulfonamides is 1. The maximum Gasteiger partial charge on any atom is 0.257 e. The standard InChI is InChI=1S/C18H20ClFN2O3S/c1-11(2)22(4)26(24,25)14-6-7-16(19)15(10-14)18(23)21-17-8-5-13(20)9-12(17)3/h5-11H,1-4H3,(H,21,23). The molecule has 0 aliphatic heterocycles. The summed E-state index contributed by atoms with van der Waals surface area (Å²) in [6.45, 7) is 5.15. The second-order valence-corrected chi connectivity index (χ2v) is 8.57. The maximum atomic E-state index is 13.2. The predicted molar refractivity (Wildman–Crippen MR) is 101 cm³/mol. The van der Waals surface area contributed by atoms with E-state index in [0.717, 1.165) is 0 Å². The Morgan fingerprint density at radius 2 is 1.85 bits per heavy atom. The minimum Gasteiger partial charge on any atom is -0.322 e. The Labute approximate surface area is 157 Å². The van der Waals surface area contributed by atoms with Crippen LogP contribution in [0.1, 0.15) is 29.8 Å². The van der Waals surface area contributed by atoms with E-state index in [1.807, 2.05) is 0 Å². The van der Waals surface area contributed by atoms with Gasteiger partial charge in [0.1, 0.15) is 5.82 Å². The number of hydrogen-bond acceptors (Lipinski definition) is 3. The number of benzene rings is 2. The lowest BCUT2D eigenvalue weighted by molar-refractivity contribution is 0.102. The Morgan fingerprint density at radius 3 is 2.42 bits per heavy atom. The van der Waals surface area contributed by atoms with Crippen LogP contribution in [0.4, 0.5) is 10.1 Å². The van der Waals surface area contributed by atoms with Gasteiger partial charge in [0.2, 0.25) is 10.0 Å². The number of nitrogens with one attached hydrogen (secondary N) is 1. The molecule has 0 saturated heterocycles. The molecule has 26 heavy (non-hydrogen) atoms. The van der Waals surface area contributed by atoms with Gasteiger partial charge in [-0.1, -0.05) is 11.6 Å². The third-order valence-corrected chi connectivity index (χ3v) is 6.38. The van der Waals surface area contributed by atoms with Gasteiger partial charge in [0.05, 0.1) is 15.5 Å². The molecule has 5 nitrogen and oxygen atoms in total. The molecule has 2 rings (SSSR count). The number of carbonyl (C=O) groups is 1. The zero-order chi connectivity index (χ0) is 19.6. The van der Waals surface area contributed by atoms with Crippen LogP contribution in [0.15, 0.2) is 41.3 Å². The minimum absolute atomic E-state index is 0.0219. The van der Waals surface area contributed by atoms with Crippen LogP contribution < -0.4 is 5.32 Å². The van der Waals surface area contributed by atoms with Crippen molar-refractivity contribution in [3.8, 4) is 0 Å². The van der Waals surface area contributed by atoms with Crippen LogP contribution in [0.3, 0.4) is 0 Å². The summed E-state index contributed by atoms with van der Waals surface area (Å²) in [4.78, 5) is 12.5. The second kappa shape index (κ2) is 7.73. The summed E-state index contributed by atoms with van der Waals surface area (Å²) < 4.78 is 39.6. The zero-order valence-electron chi connectivity index (χ0n) is 14.9. The SMILES string of the molecule is Cc1cc(F)ccc1NC(=O)c1cc(S(=O)(=O)N(C)C(C)C)ccc1Cl. The lowest BCUT2D eigenvalue weighted by Gasteiger charge is -2.21. The van der Waals surface area contributed by atoms with Crippen molar-refractivity contribution < 1.29 is 17.6 Å². The fourth-order valence-corrected chi connectivity index (χ4v) is 3.84. The van der Waals surface area contributed by atoms with E-state index in [1.165, 1.54) is 47.8 Å². The fourth-order valence-electron chi connectivity index (χ4n) is 2.24. The lowest BCUT2D eigenvalue weighted by Crippen LogP contribution is -2.33. The summed E-state index contributed by atoms with van der Waals surface area (Å²) in [5, 5.41) is 2.75. The Balaban J connectivity index is 2.39. The highest BCUT2D eigenvalue weighted by Gasteiger charge is 2.25. The molecule has 0 fully saturated rings. The minimum atomic E-state index is -3.75. The highest BCUT2D eigenvalue weighted by atomic mass is 35.5. The van der Waals surface area contributed by atoms with Crippen LogP contribution in [0.2, 0.25) is 5.02 Å². The molecule has 2 aromatic carbocycles. The molecule has 0 bridgehead atoms. The number of rotatable bonds is 5. The highest BCUT2D eigenvalue weighted by molar-refractivity contribution is 7.89. The molecule has 1 N–H and O–H groups in total. The van der Waals surface area contributed by atoms with Crippen LogP contribution in [-0.4, -0.2) is 31.7 Å². The van der Waals surface area contributed by atoms with Crippen molar-refractivity contribution in [3.63, 3.8) is 0 Å². The fraction of sp³-hybridized carbons (Fsp3) is 0.278. The topological polar surface area (TPSA) is 66.5 Å². The number of halogens is 2. The van der Waals surface area contributed by atoms with E-state index in [2.05, 4.69) is 5.32 Å². The first-order valence-corrected chi connectivity index (χ1v) is 9.71. The largest absolute Gasteiger partial charge is 0.322 e. The highest BCUT2D eigenvalue weighted by Crippen LogP contribution is 2.25. The van der Waals surface area contributed by atoms with Crippen LogP contribution in [0, 0.1) is 12.7 Å². The molecule has 0 radical (unpaired) electrons. The first-order valence-electron chi connectivity index (χ1n) is 7.89. The van der Waals surface area contributed by atoms with Crippen molar-refractivity contribution >= 4 is 33.2 Å². The molecule has 1 amide bonds. The van der Waals surface area contributed by atoms with Crippen molar-refractivity contribution in [2.45, 2.75) is 31.7 Å². The van der Waals surface area contributed by atoms with E-state index in [1.54, 1.807) is 20.8 Å². The molecule has 0 spiro atoms. The summed E-state index contributed by atoms with van der Waals surface area (Å²) >= 11 is 6.09. The Hall–Kier alpha value is -1.96. The first-order chi connectivity index (χ1) is 12.0. The number of amides is 1. The molecule has 0 atom stereocenters. The van der Waals surface area contributed by atoms with E-state index in [4.69, 9.17) is 11.6 Å². The molecule has 0 saturated carbocycles. The van der Waals surface area contributed by atoms with Crippen molar-refractivity contribution in [1.82, 2.24) is 4.31 Å². The summed E-state index contributed by atoms with van der Waals surface area (Å²) in [6, 6.07) is 7.67. The van der Waals surface area contributed by atoms with Crippen molar-refractivity contribution in [2.24, 2.45) is 0 Å². The molecule has 8 heteroatoms. The molecular weight excluding hydrogens is 379 g/mol. The molecular formula is C18H20ClFN2O3S. The van der Waals surface area contributed by atoms with Gasteiger partial charge >= 0.3 is 0 Å². The Morgan fingerprint density at radius 1 is 1.19 bits per heavy atom. The monoisotopic (exact) mass is 398 g/mol. The van der Waals surface area contributed by atoms with Gasteiger partial charge in [-0.2, -0.15) is 4.31 Å². The Kier molecular flexibility index (Phi) is 6.05. The van der Waals surface area contributed by atoms with E-state index >= 15 is 0 Å². The van der Waals surface area contributed by atoms with Gasteiger partial charge in [-0.05, 0) is 62.7 Å². The van der Waals surface area contributed by atoms with Gasteiger partial charge in [0.15, 0.2) is 0 Å². The maximum absolute atomic E-state index is 13.2. The van der Waals surface area contributed by atoms with Gasteiger partial charge < -0.3 is 5.32 Å². The molecule has 2 aromatic rings. The smallest absolute Gasteiger partial charge is 0.257 e. The predicted octanol–water partition coefficient (Wildman–Crippen LogP) is 4.07. The Bertz CT molecular complexity index is 945. The van der Waals surface area contributed by atoms with Gasteiger partial charge in [-0.15, -0.1) is 0 Å². The summed E-state index contributed by atoms with van der Waals surface area (Å²) in [5.74, 6) is -0.989. The first kappa shape index (κ1) is 20.4. The zero-order valence-corrected chi connectivity index (χ0v) is 16.5. The number of aryl methyl sites for hydroxylation is 1. The lowest BCUT2D eigenvalue weighted by atomic mass is 10.1. The van der Waals surface area contributed by atoms with E-state index in [-0.39, 0.29) is 21.5 Å². The second-order valence-electron chi connectivity index (χ2n) is 6.17. The van der Waals surface area contributed by atoms with Crippen molar-refractivity contribution in [2.75, 3.05) is 12.4 Å². The van der Waals surface area contributed by atoms with E-state index < -0.39 is 21.7 Å². The summed E-state index contributed by atoms with van der Waals surface area (Å²) in [6.07, 6.45) is 0. The van der Waals surface area contributed by atoms with Crippen LogP contribution in [-0.2, 0) is 10.0 Å². The van der Waals surface area contributed by atoms with E-state index in [9.17, 15) is 17.6 Å². The third kappa shape index (κ3) is 4.23. The van der Waals surface area contributed by atoms with Gasteiger partial charge in [-0.3, -0.25) is 4.79 Å². The number of anilines is 1. The van der Waals surface area contributed by atoms with Crippen molar-refractivity contribution in [3.05, 3.63) is 58.4 Å². The number of hydrogen-bond donors (Lipinski definition) is 1. The summed E-state index contributed by atoms with van der Waals surface area (Å²) in [7, 11) is -2.28. The van der Waals surface area contributed by atoms with Crippen molar-refractivity contribution in [1.29, 1.82) is 0 Å². The molecule has 0 aliphatic carbocycles. The van der Waals surface area contributed by atoms with Crippen LogP contribution in [0.25, 0.3) is 0 Å². The molecule has 140 valence electrons. The average molecular weight is 399 g/mol. The molecule has 0 heterocycles. The van der Waals surface area contributed by atoms with Gasteiger partial charge in [-0.25, -0.2) is 12.8 Å². The van der Waals surface area contributed by atoms with Gasteiger partial charge in [0.25, 0.3) is 5.91 Å². The van der Waals surface area contributed by atoms with Gasteiger partial charge in [0, 0.05) is 18.8 Å². The third-order valence-electron chi connectivity index (χ3n) is 4.02. The summed E-state index contributed by atoms with van der Waals surface area (Å²) in [5.41, 5.74) is 0.978. The normalized spacial score (nSPS) is 11.8. The number of nitrogens with zero attached hydrogens (tertiary/aromatic N) is 1. The van der Waals surface area contributed by atoms with Crippen LogP contribution in [0.5, 0.6) is 0 Å². The van der Waals surface area contributed by atoms with Crippen LogP contribution >= 0.6 is 11.6 Å². The average Bonchev–Trinajstić information content (AvgIpc) is 2.56. The molecule has 0 unspecified atom stereocenters. The molecule has 0 aromatic heterocycles. The number of carbonyl (C=O) groups excluding carboxylic acids is 1. The quantitative estimate of drug-likeness (QED) is 0.825.